The van der Waals surface area contributed by atoms with Crippen molar-refractivity contribution in [3.8, 4) is 0 Å². The summed E-state index contributed by atoms with van der Waals surface area (Å²) in [6.07, 6.45) is 1.98. The summed E-state index contributed by atoms with van der Waals surface area (Å²) in [5.74, 6) is 1.84. The van der Waals surface area contributed by atoms with E-state index in [-0.39, 0.29) is 0 Å². The lowest BCUT2D eigenvalue weighted by Crippen LogP contribution is -2.04. The smallest absolute Gasteiger partial charge is 0.132 e. The second kappa shape index (κ2) is 7.46. The van der Waals surface area contributed by atoms with E-state index in [1.165, 1.54) is 16.0 Å². The number of nitrogens with zero attached hydrogens (tertiary/aromatic N) is 2. The van der Waals surface area contributed by atoms with Gasteiger partial charge in [0.25, 0.3) is 0 Å². The average molecular weight is 301 g/mol. The highest BCUT2D eigenvalue weighted by Crippen LogP contribution is 2.29. The zero-order valence-electron chi connectivity index (χ0n) is 13.2. The summed E-state index contributed by atoms with van der Waals surface area (Å²) in [5.41, 5.74) is 2.64. The number of anilines is 1. The van der Waals surface area contributed by atoms with Gasteiger partial charge in [0.05, 0.1) is 0 Å². The number of hydrogen-bond acceptors (Lipinski definition) is 4. The van der Waals surface area contributed by atoms with Gasteiger partial charge in [-0.15, -0.1) is 0 Å². The van der Waals surface area contributed by atoms with Gasteiger partial charge in [-0.2, -0.15) is 0 Å². The topological polar surface area (TPSA) is 37.8 Å². The fourth-order valence-corrected chi connectivity index (χ4v) is 2.97. The van der Waals surface area contributed by atoms with Gasteiger partial charge < -0.3 is 5.32 Å². The molecular weight excluding hydrogens is 278 g/mol. The fraction of sp³-hybridized carbons (Fsp3) is 0.412. The van der Waals surface area contributed by atoms with Crippen LogP contribution in [-0.4, -0.2) is 16.5 Å². The van der Waals surface area contributed by atoms with Crippen LogP contribution >= 0.6 is 11.8 Å². The van der Waals surface area contributed by atoms with Crippen molar-refractivity contribution in [2.45, 2.75) is 50.5 Å². The summed E-state index contributed by atoms with van der Waals surface area (Å²) in [6.45, 7) is 9.39. The van der Waals surface area contributed by atoms with Crippen molar-refractivity contribution >= 4 is 17.6 Å². The Labute approximate surface area is 131 Å². The first-order valence-electron chi connectivity index (χ1n) is 7.49. The molecular formula is C17H23N3S. The molecule has 1 aromatic heterocycles. The summed E-state index contributed by atoms with van der Waals surface area (Å²) in [5, 5.41) is 4.30. The third kappa shape index (κ3) is 4.46. The molecule has 21 heavy (non-hydrogen) atoms. The van der Waals surface area contributed by atoms with Crippen LogP contribution in [-0.2, 0) is 6.42 Å². The first kappa shape index (κ1) is 15.8. The molecule has 0 saturated heterocycles. The Bertz CT molecular complexity index is 587. The molecule has 1 aromatic carbocycles. The van der Waals surface area contributed by atoms with Crippen molar-refractivity contribution in [2.24, 2.45) is 0 Å². The van der Waals surface area contributed by atoms with Crippen LogP contribution in [0, 0.1) is 13.8 Å². The number of hydrogen-bond donors (Lipinski definition) is 1. The van der Waals surface area contributed by atoms with E-state index in [0.717, 1.165) is 36.1 Å². The van der Waals surface area contributed by atoms with E-state index in [1.54, 1.807) is 11.8 Å². The lowest BCUT2D eigenvalue weighted by atomic mass is 10.1. The Morgan fingerprint density at radius 2 is 1.86 bits per heavy atom. The lowest BCUT2D eigenvalue weighted by Gasteiger charge is -2.09. The summed E-state index contributed by atoms with van der Waals surface area (Å²) in [4.78, 5) is 10.4. The Hall–Kier alpha value is -1.55. The highest BCUT2D eigenvalue weighted by molar-refractivity contribution is 7.99. The first-order chi connectivity index (χ1) is 10.1. The SMILES string of the molecule is CCCc1nc(NCC)cc(Sc2ccc(C)c(C)c2)n1. The van der Waals surface area contributed by atoms with Crippen LogP contribution < -0.4 is 5.32 Å². The van der Waals surface area contributed by atoms with Crippen molar-refractivity contribution < 1.29 is 0 Å². The second-order valence-corrected chi connectivity index (χ2v) is 6.23. The minimum atomic E-state index is 0.871. The molecule has 0 fully saturated rings. The van der Waals surface area contributed by atoms with E-state index in [1.807, 2.05) is 6.07 Å². The number of aryl methyl sites for hydroxylation is 3. The summed E-state index contributed by atoms with van der Waals surface area (Å²) in [7, 11) is 0. The number of nitrogens with one attached hydrogen (secondary N) is 1. The third-order valence-corrected chi connectivity index (χ3v) is 4.19. The molecule has 2 aromatic rings. The highest BCUT2D eigenvalue weighted by Gasteiger charge is 2.06. The molecule has 1 N–H and O–H groups in total. The van der Waals surface area contributed by atoms with Gasteiger partial charge in [0.1, 0.15) is 16.7 Å². The van der Waals surface area contributed by atoms with Crippen molar-refractivity contribution in [2.75, 3.05) is 11.9 Å². The minimum Gasteiger partial charge on any atom is -0.370 e. The summed E-state index contributed by atoms with van der Waals surface area (Å²) < 4.78 is 0. The number of aromatic nitrogens is 2. The molecule has 0 bridgehead atoms. The minimum absolute atomic E-state index is 0.871. The quantitative estimate of drug-likeness (QED) is 0.789. The van der Waals surface area contributed by atoms with Gasteiger partial charge in [-0.25, -0.2) is 9.97 Å². The fourth-order valence-electron chi connectivity index (χ4n) is 2.03. The Kier molecular flexibility index (Phi) is 5.62. The molecule has 0 aliphatic carbocycles. The van der Waals surface area contributed by atoms with Crippen LogP contribution in [0.5, 0.6) is 0 Å². The largest absolute Gasteiger partial charge is 0.370 e. The molecule has 0 atom stereocenters. The molecule has 0 aliphatic heterocycles. The van der Waals surface area contributed by atoms with E-state index in [4.69, 9.17) is 0 Å². The average Bonchev–Trinajstić information content (AvgIpc) is 2.43. The molecule has 1 heterocycles. The Morgan fingerprint density at radius 3 is 2.52 bits per heavy atom. The van der Waals surface area contributed by atoms with Crippen molar-refractivity contribution in [3.63, 3.8) is 0 Å². The second-order valence-electron chi connectivity index (χ2n) is 5.14. The molecule has 0 unspecified atom stereocenters. The van der Waals surface area contributed by atoms with Crippen LogP contribution in [0.25, 0.3) is 0 Å². The van der Waals surface area contributed by atoms with E-state index in [0.29, 0.717) is 0 Å². The Balaban J connectivity index is 2.26. The van der Waals surface area contributed by atoms with Crippen molar-refractivity contribution in [3.05, 3.63) is 41.2 Å². The van der Waals surface area contributed by atoms with Gasteiger partial charge in [-0.3, -0.25) is 0 Å². The molecule has 0 amide bonds. The zero-order chi connectivity index (χ0) is 15.2. The van der Waals surface area contributed by atoms with Crippen LogP contribution in [0.3, 0.4) is 0 Å². The van der Waals surface area contributed by atoms with Crippen LogP contribution in [0.4, 0.5) is 5.82 Å². The van der Waals surface area contributed by atoms with Gasteiger partial charge in [0.2, 0.25) is 0 Å². The van der Waals surface area contributed by atoms with Gasteiger partial charge in [-0.05, 0) is 50.5 Å². The maximum absolute atomic E-state index is 4.66. The summed E-state index contributed by atoms with van der Waals surface area (Å²) >= 11 is 1.70. The van der Waals surface area contributed by atoms with E-state index < -0.39 is 0 Å². The van der Waals surface area contributed by atoms with Crippen LogP contribution in [0.15, 0.2) is 34.2 Å². The van der Waals surface area contributed by atoms with Gasteiger partial charge in [-0.1, -0.05) is 24.8 Å². The van der Waals surface area contributed by atoms with Crippen molar-refractivity contribution in [1.29, 1.82) is 0 Å². The first-order valence-corrected chi connectivity index (χ1v) is 8.31. The summed E-state index contributed by atoms with van der Waals surface area (Å²) in [6, 6.07) is 8.57. The van der Waals surface area contributed by atoms with E-state index in [2.05, 4.69) is 61.2 Å². The highest BCUT2D eigenvalue weighted by atomic mass is 32.2. The van der Waals surface area contributed by atoms with Gasteiger partial charge in [0, 0.05) is 23.9 Å². The monoisotopic (exact) mass is 301 g/mol. The van der Waals surface area contributed by atoms with Gasteiger partial charge >= 0.3 is 0 Å². The normalized spacial score (nSPS) is 10.7. The molecule has 0 radical (unpaired) electrons. The Morgan fingerprint density at radius 1 is 1.05 bits per heavy atom. The molecule has 4 heteroatoms. The maximum atomic E-state index is 4.66. The molecule has 0 saturated carbocycles. The van der Waals surface area contributed by atoms with Crippen LogP contribution in [0.2, 0.25) is 0 Å². The number of rotatable bonds is 6. The maximum Gasteiger partial charge on any atom is 0.132 e. The number of benzene rings is 1. The molecule has 112 valence electrons. The molecule has 0 spiro atoms. The predicted molar refractivity (Wildman–Crippen MR) is 90.2 cm³/mol. The van der Waals surface area contributed by atoms with E-state index >= 15 is 0 Å². The molecule has 0 aliphatic rings. The van der Waals surface area contributed by atoms with E-state index in [9.17, 15) is 0 Å². The standard InChI is InChI=1S/C17H23N3S/c1-5-7-15-19-16(18-6-2)11-17(20-15)21-14-9-8-12(3)13(4)10-14/h8-11H,5-7H2,1-4H3,(H,18,19,20). The molecule has 2 rings (SSSR count). The molecule has 3 nitrogen and oxygen atoms in total. The lowest BCUT2D eigenvalue weighted by molar-refractivity contribution is 0.810. The third-order valence-electron chi connectivity index (χ3n) is 3.28. The van der Waals surface area contributed by atoms with Gasteiger partial charge in [0.15, 0.2) is 0 Å². The van der Waals surface area contributed by atoms with Crippen LogP contribution in [0.1, 0.15) is 37.2 Å². The van der Waals surface area contributed by atoms with Crippen molar-refractivity contribution in [1.82, 2.24) is 9.97 Å². The predicted octanol–water partition coefficient (Wildman–Crippen LogP) is 4.63. The zero-order valence-corrected chi connectivity index (χ0v) is 14.0.